The monoisotopic (exact) mass is 245 g/mol. The normalized spacial score (nSPS) is 23.7. The van der Waals surface area contributed by atoms with Gasteiger partial charge in [0, 0.05) is 6.04 Å². The number of hydrogen-bond donors (Lipinski definition) is 1. The van der Waals surface area contributed by atoms with Gasteiger partial charge in [0.25, 0.3) is 0 Å². The van der Waals surface area contributed by atoms with E-state index in [9.17, 15) is 4.79 Å². The van der Waals surface area contributed by atoms with Crippen LogP contribution in [0.3, 0.4) is 0 Å². The van der Waals surface area contributed by atoms with Crippen LogP contribution < -0.4 is 5.32 Å². The fraction of sp³-hybridized carbons (Fsp3) is 0.562. The third-order valence-corrected chi connectivity index (χ3v) is 3.94. The highest BCUT2D eigenvalue weighted by Gasteiger charge is 2.22. The predicted octanol–water partition coefficient (Wildman–Crippen LogP) is 3.23. The molecule has 98 valence electrons. The first-order valence-electron chi connectivity index (χ1n) is 7.00. The van der Waals surface area contributed by atoms with Gasteiger partial charge in [-0.05, 0) is 31.2 Å². The fourth-order valence-electron chi connectivity index (χ4n) is 2.68. The van der Waals surface area contributed by atoms with E-state index in [1.165, 1.54) is 24.8 Å². The Morgan fingerprint density at radius 3 is 2.56 bits per heavy atom. The Bertz CT molecular complexity index is 396. The quantitative estimate of drug-likeness (QED) is 0.870. The van der Waals surface area contributed by atoms with Gasteiger partial charge in [0.15, 0.2) is 0 Å². The Hall–Kier alpha value is -1.31. The molecule has 0 radical (unpaired) electrons. The van der Waals surface area contributed by atoms with Crippen LogP contribution in [0.25, 0.3) is 0 Å². The van der Waals surface area contributed by atoms with Crippen molar-refractivity contribution in [3.8, 4) is 0 Å². The van der Waals surface area contributed by atoms with E-state index in [4.69, 9.17) is 0 Å². The van der Waals surface area contributed by atoms with E-state index in [0.29, 0.717) is 18.4 Å². The summed E-state index contributed by atoms with van der Waals surface area (Å²) in [6, 6.07) is 8.59. The number of carbonyl (C=O) groups is 1. The van der Waals surface area contributed by atoms with Crippen LogP contribution in [0.2, 0.25) is 0 Å². The van der Waals surface area contributed by atoms with Crippen molar-refractivity contribution in [2.45, 2.75) is 52.0 Å². The highest BCUT2D eigenvalue weighted by Crippen LogP contribution is 2.23. The molecule has 2 rings (SSSR count). The van der Waals surface area contributed by atoms with Crippen molar-refractivity contribution >= 4 is 5.91 Å². The van der Waals surface area contributed by atoms with E-state index in [1.807, 2.05) is 12.1 Å². The van der Waals surface area contributed by atoms with E-state index in [1.54, 1.807) is 0 Å². The first-order valence-corrected chi connectivity index (χ1v) is 7.00. The standard InChI is InChI=1S/C16H23NO/c1-12-7-9-14(10-8-12)11-16(18)17-15-6-4-3-5-13(15)2/h7-10,13,15H,3-6,11H2,1-2H3,(H,17,18). The maximum atomic E-state index is 12.0. The minimum Gasteiger partial charge on any atom is -0.353 e. The molecule has 18 heavy (non-hydrogen) atoms. The molecule has 2 nitrogen and oxygen atoms in total. The first kappa shape index (κ1) is 13.1. The van der Waals surface area contributed by atoms with Gasteiger partial charge in [-0.15, -0.1) is 0 Å². The summed E-state index contributed by atoms with van der Waals surface area (Å²) in [5.41, 5.74) is 2.33. The van der Waals surface area contributed by atoms with Gasteiger partial charge in [0.05, 0.1) is 6.42 Å². The minimum atomic E-state index is 0.164. The molecule has 0 spiro atoms. The van der Waals surface area contributed by atoms with Crippen LogP contribution in [-0.2, 0) is 11.2 Å². The minimum absolute atomic E-state index is 0.164. The van der Waals surface area contributed by atoms with Crippen molar-refractivity contribution < 1.29 is 4.79 Å². The first-order chi connectivity index (χ1) is 8.65. The molecular formula is C16H23NO. The number of aryl methyl sites for hydroxylation is 1. The topological polar surface area (TPSA) is 29.1 Å². The van der Waals surface area contributed by atoms with E-state index in [-0.39, 0.29) is 5.91 Å². The van der Waals surface area contributed by atoms with Crippen molar-refractivity contribution in [2.24, 2.45) is 5.92 Å². The lowest BCUT2D eigenvalue weighted by molar-refractivity contribution is -0.121. The van der Waals surface area contributed by atoms with Crippen molar-refractivity contribution in [1.29, 1.82) is 0 Å². The molecule has 2 atom stereocenters. The van der Waals surface area contributed by atoms with Gasteiger partial charge in [-0.2, -0.15) is 0 Å². The lowest BCUT2D eigenvalue weighted by Gasteiger charge is -2.29. The van der Waals surface area contributed by atoms with Crippen LogP contribution in [-0.4, -0.2) is 11.9 Å². The Labute approximate surface area is 110 Å². The highest BCUT2D eigenvalue weighted by atomic mass is 16.1. The lowest BCUT2D eigenvalue weighted by Crippen LogP contribution is -2.41. The Balaban J connectivity index is 1.86. The average Bonchev–Trinajstić information content (AvgIpc) is 2.35. The zero-order valence-corrected chi connectivity index (χ0v) is 11.4. The highest BCUT2D eigenvalue weighted by molar-refractivity contribution is 5.78. The summed E-state index contributed by atoms with van der Waals surface area (Å²) in [4.78, 5) is 12.0. The Morgan fingerprint density at radius 1 is 1.22 bits per heavy atom. The largest absolute Gasteiger partial charge is 0.353 e. The number of hydrogen-bond acceptors (Lipinski definition) is 1. The molecule has 2 heteroatoms. The molecule has 1 aliphatic rings. The van der Waals surface area contributed by atoms with E-state index >= 15 is 0 Å². The number of carbonyl (C=O) groups excluding carboxylic acids is 1. The molecular weight excluding hydrogens is 222 g/mol. The smallest absolute Gasteiger partial charge is 0.224 e. The van der Waals surface area contributed by atoms with Crippen molar-refractivity contribution in [2.75, 3.05) is 0 Å². The second-order valence-electron chi connectivity index (χ2n) is 5.60. The SMILES string of the molecule is Cc1ccc(CC(=O)NC2CCCCC2C)cc1. The van der Waals surface area contributed by atoms with E-state index in [2.05, 4.69) is 31.3 Å². The molecule has 1 N–H and O–H groups in total. The summed E-state index contributed by atoms with van der Waals surface area (Å²) in [7, 11) is 0. The maximum Gasteiger partial charge on any atom is 0.224 e. The fourth-order valence-corrected chi connectivity index (χ4v) is 2.68. The van der Waals surface area contributed by atoms with Gasteiger partial charge in [0.1, 0.15) is 0 Å². The molecule has 0 aliphatic heterocycles. The van der Waals surface area contributed by atoms with Gasteiger partial charge in [0.2, 0.25) is 5.91 Å². The van der Waals surface area contributed by atoms with Gasteiger partial charge < -0.3 is 5.32 Å². The van der Waals surface area contributed by atoms with Gasteiger partial charge >= 0.3 is 0 Å². The van der Waals surface area contributed by atoms with Gasteiger partial charge in [-0.3, -0.25) is 4.79 Å². The average molecular weight is 245 g/mol. The molecule has 1 aliphatic carbocycles. The molecule has 2 unspecified atom stereocenters. The van der Waals surface area contributed by atoms with Gasteiger partial charge in [-0.25, -0.2) is 0 Å². The molecule has 0 saturated heterocycles. The molecule has 1 fully saturated rings. The van der Waals surface area contributed by atoms with Crippen LogP contribution in [0.5, 0.6) is 0 Å². The number of benzene rings is 1. The zero-order valence-electron chi connectivity index (χ0n) is 11.4. The summed E-state index contributed by atoms with van der Waals surface area (Å²) < 4.78 is 0. The Morgan fingerprint density at radius 2 is 1.89 bits per heavy atom. The molecule has 0 bridgehead atoms. The van der Waals surface area contributed by atoms with Crippen molar-refractivity contribution in [1.82, 2.24) is 5.32 Å². The van der Waals surface area contributed by atoms with Crippen LogP contribution in [0, 0.1) is 12.8 Å². The molecule has 1 aromatic rings. The van der Waals surface area contributed by atoms with E-state index < -0.39 is 0 Å². The van der Waals surface area contributed by atoms with Crippen LogP contribution in [0.4, 0.5) is 0 Å². The van der Waals surface area contributed by atoms with Crippen molar-refractivity contribution in [3.05, 3.63) is 35.4 Å². The molecule has 0 heterocycles. The van der Waals surface area contributed by atoms with Crippen LogP contribution >= 0.6 is 0 Å². The second kappa shape index (κ2) is 6.03. The molecule has 1 saturated carbocycles. The molecule has 1 amide bonds. The van der Waals surface area contributed by atoms with Crippen molar-refractivity contribution in [3.63, 3.8) is 0 Å². The number of nitrogens with one attached hydrogen (secondary N) is 1. The maximum absolute atomic E-state index is 12.0. The summed E-state index contributed by atoms with van der Waals surface area (Å²) in [6.07, 6.45) is 5.45. The third kappa shape index (κ3) is 3.59. The van der Waals surface area contributed by atoms with Crippen LogP contribution in [0.1, 0.15) is 43.7 Å². The number of rotatable bonds is 3. The third-order valence-electron chi connectivity index (χ3n) is 3.94. The summed E-state index contributed by atoms with van der Waals surface area (Å²) in [5.74, 6) is 0.790. The predicted molar refractivity (Wildman–Crippen MR) is 74.4 cm³/mol. The molecule has 0 aromatic heterocycles. The van der Waals surface area contributed by atoms with E-state index in [0.717, 1.165) is 12.0 Å². The molecule has 1 aromatic carbocycles. The second-order valence-corrected chi connectivity index (χ2v) is 5.60. The number of amides is 1. The summed E-state index contributed by atoms with van der Waals surface area (Å²) in [6.45, 7) is 4.31. The lowest BCUT2D eigenvalue weighted by atomic mass is 9.86. The van der Waals surface area contributed by atoms with Crippen LogP contribution in [0.15, 0.2) is 24.3 Å². The zero-order chi connectivity index (χ0) is 13.0. The Kier molecular flexibility index (Phi) is 4.40. The summed E-state index contributed by atoms with van der Waals surface area (Å²) >= 11 is 0. The summed E-state index contributed by atoms with van der Waals surface area (Å²) in [5, 5.41) is 3.19. The van der Waals surface area contributed by atoms with Gasteiger partial charge in [-0.1, -0.05) is 49.6 Å².